The van der Waals surface area contributed by atoms with Crippen LogP contribution < -0.4 is 5.43 Å². The molecule has 0 fully saturated rings. The molecular weight excluding hydrogens is 360 g/mol. The predicted molar refractivity (Wildman–Crippen MR) is 115 cm³/mol. The first-order valence-corrected chi connectivity index (χ1v) is 13.2. The van der Waals surface area contributed by atoms with Crippen LogP contribution in [0.3, 0.4) is 0 Å². The molecule has 0 aliphatic carbocycles. The van der Waals surface area contributed by atoms with Gasteiger partial charge in [-0.05, 0) is 62.4 Å². The van der Waals surface area contributed by atoms with Gasteiger partial charge in [-0.3, -0.25) is 4.79 Å². The van der Waals surface area contributed by atoms with Gasteiger partial charge in [-0.2, -0.15) is 0 Å². The first-order valence-electron chi connectivity index (χ1n) is 9.27. The molecule has 0 saturated heterocycles. The highest BCUT2D eigenvalue weighted by Crippen LogP contribution is 2.41. The van der Waals surface area contributed by atoms with Crippen molar-refractivity contribution in [2.45, 2.75) is 77.8 Å². The van der Waals surface area contributed by atoms with Gasteiger partial charge >= 0.3 is 0 Å². The minimum absolute atomic E-state index is 0.0617. The average Bonchev–Trinajstić information content (AvgIpc) is 2.51. The topological polar surface area (TPSA) is 39.4 Å². The molecule has 0 radical (unpaired) electrons. The Bertz CT molecular complexity index is 862. The fourth-order valence-electron chi connectivity index (χ4n) is 2.80. The lowest BCUT2D eigenvalue weighted by molar-refractivity contribution is 0.202. The molecule has 1 aromatic carbocycles. The van der Waals surface area contributed by atoms with Gasteiger partial charge in [-0.25, -0.2) is 0 Å². The van der Waals surface area contributed by atoms with Crippen LogP contribution in [-0.4, -0.2) is 14.1 Å². The Morgan fingerprint density at radius 1 is 1.23 bits per heavy atom. The standard InChI is InChI=1S/C21H32O3SSi/c1-10-25-20-14(3)18(22)17-12-13(2)11-16(19(17)23-20)15(4)24-26(8,9)21(5,6)7/h11-12,15H,10H2,1-9H3/t15-/m0/s1. The zero-order valence-corrected chi connectivity index (χ0v) is 19.4. The predicted octanol–water partition coefficient (Wildman–Crippen LogP) is 6.60. The molecule has 0 N–H and O–H groups in total. The molecule has 1 heterocycles. The van der Waals surface area contributed by atoms with Crippen LogP contribution in [0.15, 0.2) is 26.4 Å². The van der Waals surface area contributed by atoms with Crippen molar-refractivity contribution >= 4 is 31.0 Å². The molecule has 1 aromatic heterocycles. The Morgan fingerprint density at radius 3 is 2.38 bits per heavy atom. The van der Waals surface area contributed by atoms with E-state index < -0.39 is 8.32 Å². The summed E-state index contributed by atoms with van der Waals surface area (Å²) in [6, 6.07) is 4.02. The number of rotatable bonds is 5. The first-order chi connectivity index (χ1) is 11.9. The highest BCUT2D eigenvalue weighted by atomic mass is 32.2. The average molecular weight is 393 g/mol. The summed E-state index contributed by atoms with van der Waals surface area (Å²) in [6.07, 6.45) is -0.122. The van der Waals surface area contributed by atoms with E-state index in [1.165, 1.54) is 0 Å². The molecule has 0 aliphatic heterocycles. The number of fused-ring (bicyclic) bond motifs is 1. The Morgan fingerprint density at radius 2 is 1.85 bits per heavy atom. The number of hydrogen-bond acceptors (Lipinski definition) is 4. The van der Waals surface area contributed by atoms with Crippen molar-refractivity contribution < 1.29 is 8.84 Å². The number of benzene rings is 1. The van der Waals surface area contributed by atoms with Gasteiger partial charge in [-0.15, -0.1) is 0 Å². The van der Waals surface area contributed by atoms with E-state index in [9.17, 15) is 4.79 Å². The van der Waals surface area contributed by atoms with Crippen LogP contribution in [0.4, 0.5) is 0 Å². The minimum atomic E-state index is -1.93. The van der Waals surface area contributed by atoms with Crippen LogP contribution >= 0.6 is 11.8 Å². The van der Waals surface area contributed by atoms with Gasteiger partial charge in [0.2, 0.25) is 0 Å². The van der Waals surface area contributed by atoms with Crippen LogP contribution in [0.5, 0.6) is 0 Å². The van der Waals surface area contributed by atoms with Gasteiger partial charge in [0.15, 0.2) is 18.8 Å². The molecule has 5 heteroatoms. The molecule has 2 aromatic rings. The van der Waals surface area contributed by atoms with Crippen molar-refractivity contribution in [2.24, 2.45) is 0 Å². The molecule has 26 heavy (non-hydrogen) atoms. The molecule has 144 valence electrons. The molecule has 0 aliphatic rings. The monoisotopic (exact) mass is 392 g/mol. The second-order valence-electron chi connectivity index (χ2n) is 8.53. The molecule has 0 bridgehead atoms. The summed E-state index contributed by atoms with van der Waals surface area (Å²) in [7, 11) is -1.93. The van der Waals surface area contributed by atoms with E-state index in [0.29, 0.717) is 16.5 Å². The lowest BCUT2D eigenvalue weighted by Gasteiger charge is -2.38. The van der Waals surface area contributed by atoms with E-state index >= 15 is 0 Å². The number of aryl methyl sites for hydroxylation is 1. The van der Waals surface area contributed by atoms with E-state index in [0.717, 1.165) is 22.0 Å². The summed E-state index contributed by atoms with van der Waals surface area (Å²) < 4.78 is 12.8. The number of hydrogen-bond donors (Lipinski definition) is 0. The molecule has 0 unspecified atom stereocenters. The summed E-state index contributed by atoms with van der Waals surface area (Å²) >= 11 is 1.57. The van der Waals surface area contributed by atoms with Crippen LogP contribution in [-0.2, 0) is 4.43 Å². The summed E-state index contributed by atoms with van der Waals surface area (Å²) in [5, 5.41) is 1.50. The van der Waals surface area contributed by atoms with Crippen molar-refractivity contribution in [3.63, 3.8) is 0 Å². The second-order valence-corrected chi connectivity index (χ2v) is 14.5. The molecule has 0 spiro atoms. The third-order valence-electron chi connectivity index (χ3n) is 5.34. The van der Waals surface area contributed by atoms with Gasteiger partial charge in [0.05, 0.1) is 11.5 Å². The molecule has 0 amide bonds. The summed E-state index contributed by atoms with van der Waals surface area (Å²) in [4.78, 5) is 12.9. The maximum atomic E-state index is 12.9. The van der Waals surface area contributed by atoms with Crippen LogP contribution in [0.1, 0.15) is 57.4 Å². The quantitative estimate of drug-likeness (QED) is 0.424. The normalized spacial score (nSPS) is 14.0. The molecule has 1 atom stereocenters. The van der Waals surface area contributed by atoms with Crippen molar-refractivity contribution in [2.75, 3.05) is 5.75 Å². The Labute approximate surface area is 162 Å². The Hall–Kier alpha value is -1.04. The van der Waals surface area contributed by atoms with Crippen LogP contribution in [0, 0.1) is 13.8 Å². The largest absolute Gasteiger partial charge is 0.449 e. The van der Waals surface area contributed by atoms with Crippen molar-refractivity contribution in [3.05, 3.63) is 39.0 Å². The zero-order valence-electron chi connectivity index (χ0n) is 17.6. The first kappa shape index (κ1) is 21.3. The SMILES string of the molecule is CCSc1oc2c([C@H](C)O[Si](C)(C)C(C)(C)C)cc(C)cc2c(=O)c1C. The van der Waals surface area contributed by atoms with E-state index in [1.54, 1.807) is 11.8 Å². The molecule has 3 nitrogen and oxygen atoms in total. The Balaban J connectivity index is 2.65. The third-order valence-corrected chi connectivity index (χ3v) is 10.8. The summed E-state index contributed by atoms with van der Waals surface area (Å²) in [5.41, 5.74) is 3.46. The van der Waals surface area contributed by atoms with Gasteiger partial charge in [0, 0.05) is 11.1 Å². The molecule has 2 rings (SSSR count). The van der Waals surface area contributed by atoms with Crippen molar-refractivity contribution in [1.29, 1.82) is 0 Å². The van der Waals surface area contributed by atoms with E-state index in [-0.39, 0.29) is 16.6 Å². The van der Waals surface area contributed by atoms with E-state index in [4.69, 9.17) is 8.84 Å². The smallest absolute Gasteiger partial charge is 0.196 e. The Kier molecular flexibility index (Phi) is 6.15. The fourth-order valence-corrected chi connectivity index (χ4v) is 4.88. The van der Waals surface area contributed by atoms with Gasteiger partial charge in [-0.1, -0.05) is 39.5 Å². The van der Waals surface area contributed by atoms with Gasteiger partial charge in [0.25, 0.3) is 0 Å². The minimum Gasteiger partial charge on any atom is -0.449 e. The van der Waals surface area contributed by atoms with Crippen molar-refractivity contribution in [3.8, 4) is 0 Å². The van der Waals surface area contributed by atoms with E-state index in [2.05, 4.69) is 53.8 Å². The number of thioether (sulfide) groups is 1. The van der Waals surface area contributed by atoms with Crippen LogP contribution in [0.25, 0.3) is 11.0 Å². The van der Waals surface area contributed by atoms with Crippen LogP contribution in [0.2, 0.25) is 18.1 Å². The summed E-state index contributed by atoms with van der Waals surface area (Å²) in [6.45, 7) is 19.2. The van der Waals surface area contributed by atoms with E-state index in [1.807, 2.05) is 19.9 Å². The lowest BCUT2D eigenvalue weighted by Crippen LogP contribution is -2.41. The second kappa shape index (κ2) is 7.53. The van der Waals surface area contributed by atoms with Crippen molar-refractivity contribution in [1.82, 2.24) is 0 Å². The highest BCUT2D eigenvalue weighted by molar-refractivity contribution is 7.99. The maximum Gasteiger partial charge on any atom is 0.196 e. The lowest BCUT2D eigenvalue weighted by atomic mass is 10.0. The van der Waals surface area contributed by atoms with Gasteiger partial charge in [0.1, 0.15) is 5.58 Å². The third kappa shape index (κ3) is 4.10. The maximum absolute atomic E-state index is 12.9. The van der Waals surface area contributed by atoms with Gasteiger partial charge < -0.3 is 8.84 Å². The zero-order chi connectivity index (χ0) is 19.9. The fraction of sp³-hybridized carbons (Fsp3) is 0.571. The molecule has 0 saturated carbocycles. The summed E-state index contributed by atoms with van der Waals surface area (Å²) in [5.74, 6) is 0.868. The molecular formula is C21H32O3SSi. The highest BCUT2D eigenvalue weighted by Gasteiger charge is 2.39.